The minimum Gasteiger partial charge on any atom is -0.497 e. The lowest BCUT2D eigenvalue weighted by atomic mass is 10.2. The van der Waals surface area contributed by atoms with Crippen LogP contribution in [-0.2, 0) is 24.5 Å². The maximum atomic E-state index is 5.62. The zero-order valence-electron chi connectivity index (χ0n) is 11.3. The van der Waals surface area contributed by atoms with E-state index in [-0.39, 0.29) is 0 Å². The van der Waals surface area contributed by atoms with Gasteiger partial charge in [0.2, 0.25) is 0 Å². The van der Waals surface area contributed by atoms with Crippen molar-refractivity contribution in [2.45, 2.75) is 19.8 Å². The summed E-state index contributed by atoms with van der Waals surface area (Å²) in [6, 6.07) is 9.85. The van der Waals surface area contributed by atoms with Crippen molar-refractivity contribution in [2.75, 3.05) is 14.2 Å². The highest BCUT2D eigenvalue weighted by molar-refractivity contribution is 5.26. The van der Waals surface area contributed by atoms with Crippen molar-refractivity contribution in [2.24, 2.45) is 0 Å². The standard InChI is InChI=1S/C15H19NO3/c1-16-8-13-7-15(19-10-13)11-18-9-12-3-5-14(17-2)6-4-12/h3-7,10,16H,8-9,11H2,1-2H3. The molecule has 0 fully saturated rings. The number of hydrogen-bond acceptors (Lipinski definition) is 4. The summed E-state index contributed by atoms with van der Waals surface area (Å²) in [6.07, 6.45) is 1.75. The van der Waals surface area contributed by atoms with Crippen molar-refractivity contribution in [1.82, 2.24) is 5.32 Å². The molecule has 0 saturated heterocycles. The molecule has 0 aliphatic carbocycles. The fraction of sp³-hybridized carbons (Fsp3) is 0.333. The van der Waals surface area contributed by atoms with Gasteiger partial charge in [-0.1, -0.05) is 12.1 Å². The van der Waals surface area contributed by atoms with Crippen LogP contribution in [0.5, 0.6) is 5.75 Å². The summed E-state index contributed by atoms with van der Waals surface area (Å²) in [7, 11) is 3.57. The minimum absolute atomic E-state index is 0.482. The van der Waals surface area contributed by atoms with Crippen molar-refractivity contribution in [3.8, 4) is 5.75 Å². The molecule has 2 aromatic rings. The van der Waals surface area contributed by atoms with Crippen LogP contribution >= 0.6 is 0 Å². The Hall–Kier alpha value is -1.78. The molecule has 0 spiro atoms. The number of rotatable bonds is 7. The fourth-order valence-electron chi connectivity index (χ4n) is 1.79. The van der Waals surface area contributed by atoms with Crippen molar-refractivity contribution in [3.05, 3.63) is 53.5 Å². The van der Waals surface area contributed by atoms with Gasteiger partial charge in [0.1, 0.15) is 18.1 Å². The van der Waals surface area contributed by atoms with Crippen molar-refractivity contribution in [1.29, 1.82) is 0 Å². The number of furan rings is 1. The largest absolute Gasteiger partial charge is 0.497 e. The predicted octanol–water partition coefficient (Wildman–Crippen LogP) is 2.72. The van der Waals surface area contributed by atoms with E-state index >= 15 is 0 Å². The molecule has 0 unspecified atom stereocenters. The van der Waals surface area contributed by atoms with Gasteiger partial charge in [0.05, 0.1) is 20.0 Å². The van der Waals surface area contributed by atoms with Crippen LogP contribution in [0.25, 0.3) is 0 Å². The molecule has 4 heteroatoms. The van der Waals surface area contributed by atoms with E-state index in [1.165, 1.54) is 0 Å². The highest BCUT2D eigenvalue weighted by Gasteiger charge is 2.02. The maximum absolute atomic E-state index is 5.62. The maximum Gasteiger partial charge on any atom is 0.129 e. The Labute approximate surface area is 113 Å². The highest BCUT2D eigenvalue weighted by atomic mass is 16.5. The van der Waals surface area contributed by atoms with E-state index in [0.717, 1.165) is 29.2 Å². The normalized spacial score (nSPS) is 10.6. The van der Waals surface area contributed by atoms with Crippen LogP contribution in [0.1, 0.15) is 16.9 Å². The average molecular weight is 261 g/mol. The molecule has 1 aromatic carbocycles. The lowest BCUT2D eigenvalue weighted by molar-refractivity contribution is 0.0929. The monoisotopic (exact) mass is 261 g/mol. The molecule has 0 aliphatic rings. The van der Waals surface area contributed by atoms with E-state index in [1.54, 1.807) is 13.4 Å². The van der Waals surface area contributed by atoms with Crippen LogP contribution < -0.4 is 10.1 Å². The molecule has 0 radical (unpaired) electrons. The van der Waals surface area contributed by atoms with Crippen LogP contribution in [0, 0.1) is 0 Å². The van der Waals surface area contributed by atoms with Gasteiger partial charge in [0.15, 0.2) is 0 Å². The van der Waals surface area contributed by atoms with Gasteiger partial charge in [0, 0.05) is 12.1 Å². The van der Waals surface area contributed by atoms with E-state index < -0.39 is 0 Å². The zero-order valence-corrected chi connectivity index (χ0v) is 11.3. The van der Waals surface area contributed by atoms with Gasteiger partial charge in [-0.25, -0.2) is 0 Å². The highest BCUT2D eigenvalue weighted by Crippen LogP contribution is 2.13. The molecule has 0 aliphatic heterocycles. The van der Waals surface area contributed by atoms with E-state index in [1.807, 2.05) is 37.4 Å². The van der Waals surface area contributed by atoms with Crippen LogP contribution in [0.15, 0.2) is 41.0 Å². The number of hydrogen-bond donors (Lipinski definition) is 1. The van der Waals surface area contributed by atoms with Crippen LogP contribution in [0.3, 0.4) is 0 Å². The van der Waals surface area contributed by atoms with Crippen LogP contribution in [0.4, 0.5) is 0 Å². The summed E-state index contributed by atoms with van der Waals surface area (Å²) in [5, 5.41) is 3.08. The molecule has 2 rings (SSSR count). The van der Waals surface area contributed by atoms with Crippen molar-refractivity contribution >= 4 is 0 Å². The molecule has 0 bridgehead atoms. The molecule has 1 aromatic heterocycles. The second-order valence-electron chi connectivity index (χ2n) is 4.29. The zero-order chi connectivity index (χ0) is 13.5. The van der Waals surface area contributed by atoms with Gasteiger partial charge >= 0.3 is 0 Å². The summed E-state index contributed by atoms with van der Waals surface area (Å²) in [5.74, 6) is 1.70. The molecular formula is C15H19NO3. The number of nitrogens with one attached hydrogen (secondary N) is 1. The van der Waals surface area contributed by atoms with E-state index in [2.05, 4.69) is 5.32 Å². The molecule has 1 heterocycles. The predicted molar refractivity (Wildman–Crippen MR) is 73.0 cm³/mol. The second kappa shape index (κ2) is 6.97. The molecule has 0 amide bonds. The summed E-state index contributed by atoms with van der Waals surface area (Å²) in [4.78, 5) is 0. The SMILES string of the molecule is CNCc1coc(COCc2ccc(OC)cc2)c1. The molecule has 102 valence electrons. The van der Waals surface area contributed by atoms with Gasteiger partial charge < -0.3 is 19.2 Å². The average Bonchev–Trinajstić information content (AvgIpc) is 2.88. The first-order chi connectivity index (χ1) is 9.31. The minimum atomic E-state index is 0.482. The van der Waals surface area contributed by atoms with Gasteiger partial charge in [-0.15, -0.1) is 0 Å². The van der Waals surface area contributed by atoms with Crippen LogP contribution in [-0.4, -0.2) is 14.2 Å². The van der Waals surface area contributed by atoms with Crippen molar-refractivity contribution in [3.63, 3.8) is 0 Å². The topological polar surface area (TPSA) is 43.6 Å². The Bertz CT molecular complexity index is 490. The second-order valence-corrected chi connectivity index (χ2v) is 4.29. The Morgan fingerprint density at radius 2 is 1.89 bits per heavy atom. The van der Waals surface area contributed by atoms with Gasteiger partial charge in [-0.2, -0.15) is 0 Å². The lowest BCUT2D eigenvalue weighted by Gasteiger charge is -2.04. The van der Waals surface area contributed by atoms with Crippen molar-refractivity contribution < 1.29 is 13.9 Å². The summed E-state index contributed by atoms with van der Waals surface area (Å²) in [6.45, 7) is 1.85. The van der Waals surface area contributed by atoms with E-state index in [4.69, 9.17) is 13.9 Å². The van der Waals surface area contributed by atoms with E-state index in [0.29, 0.717) is 13.2 Å². The quantitative estimate of drug-likeness (QED) is 0.832. The first-order valence-corrected chi connectivity index (χ1v) is 6.23. The number of methoxy groups -OCH3 is 1. The summed E-state index contributed by atoms with van der Waals surface area (Å²) in [5.41, 5.74) is 2.24. The smallest absolute Gasteiger partial charge is 0.129 e. The first-order valence-electron chi connectivity index (χ1n) is 6.23. The lowest BCUT2D eigenvalue weighted by Crippen LogP contribution is -2.03. The Morgan fingerprint density at radius 1 is 1.11 bits per heavy atom. The molecule has 0 saturated carbocycles. The Kier molecular flexibility index (Phi) is 5.01. The van der Waals surface area contributed by atoms with Gasteiger partial charge in [0.25, 0.3) is 0 Å². The Balaban J connectivity index is 1.78. The van der Waals surface area contributed by atoms with E-state index in [9.17, 15) is 0 Å². The fourth-order valence-corrected chi connectivity index (χ4v) is 1.79. The third-order valence-electron chi connectivity index (χ3n) is 2.76. The molecule has 19 heavy (non-hydrogen) atoms. The first kappa shape index (κ1) is 13.6. The third kappa shape index (κ3) is 4.12. The number of benzene rings is 1. The number of ether oxygens (including phenoxy) is 2. The Morgan fingerprint density at radius 3 is 2.58 bits per heavy atom. The molecule has 0 atom stereocenters. The van der Waals surface area contributed by atoms with Crippen LogP contribution in [0.2, 0.25) is 0 Å². The molecule has 1 N–H and O–H groups in total. The van der Waals surface area contributed by atoms with Gasteiger partial charge in [-0.05, 0) is 30.8 Å². The third-order valence-corrected chi connectivity index (χ3v) is 2.76. The summed E-state index contributed by atoms with van der Waals surface area (Å²) < 4.78 is 16.1. The van der Waals surface area contributed by atoms with Gasteiger partial charge in [-0.3, -0.25) is 0 Å². The molecule has 4 nitrogen and oxygen atoms in total. The summed E-state index contributed by atoms with van der Waals surface area (Å²) >= 11 is 0. The molecular weight excluding hydrogens is 242 g/mol.